The number of ether oxygens (including phenoxy) is 1. The number of thiazole rings is 1. The van der Waals surface area contributed by atoms with E-state index in [1.807, 2.05) is 5.38 Å². The van der Waals surface area contributed by atoms with Crippen LogP contribution >= 0.6 is 11.3 Å². The van der Waals surface area contributed by atoms with Crippen LogP contribution in [0.25, 0.3) is 0 Å². The number of nitrogens with zero attached hydrogens (tertiary/aromatic N) is 2. The lowest BCUT2D eigenvalue weighted by Crippen LogP contribution is -2.41. The monoisotopic (exact) mass is 227 g/mol. The Morgan fingerprint density at radius 2 is 2.33 bits per heavy atom. The maximum Gasteiger partial charge on any atom is 0.228 e. The second kappa shape index (κ2) is 4.59. The average molecular weight is 227 g/mol. The molecular weight excluding hydrogens is 214 g/mol. The molecule has 82 valence electrons. The van der Waals surface area contributed by atoms with Crippen molar-refractivity contribution in [1.29, 1.82) is 0 Å². The molecule has 1 amide bonds. The lowest BCUT2D eigenvalue weighted by Gasteiger charge is -2.26. The third-order valence-corrected chi connectivity index (χ3v) is 2.99. The van der Waals surface area contributed by atoms with E-state index in [2.05, 4.69) is 4.98 Å². The van der Waals surface area contributed by atoms with Crippen molar-refractivity contribution in [2.75, 3.05) is 32.0 Å². The maximum absolute atomic E-state index is 11.8. The number of rotatable bonds is 2. The number of carbonyl (C=O) groups is 1. The van der Waals surface area contributed by atoms with Gasteiger partial charge in [0, 0.05) is 18.5 Å². The zero-order valence-electron chi connectivity index (χ0n) is 8.31. The first-order valence-corrected chi connectivity index (χ1v) is 5.69. The molecule has 0 atom stereocenters. The van der Waals surface area contributed by atoms with Crippen LogP contribution in [0.5, 0.6) is 0 Å². The van der Waals surface area contributed by atoms with Crippen LogP contribution in [0.4, 0.5) is 5.13 Å². The molecule has 1 aliphatic heterocycles. The summed E-state index contributed by atoms with van der Waals surface area (Å²) in [5.41, 5.74) is 6.25. The van der Waals surface area contributed by atoms with Crippen molar-refractivity contribution >= 4 is 22.4 Å². The molecule has 0 unspecified atom stereocenters. The van der Waals surface area contributed by atoms with Gasteiger partial charge in [0.1, 0.15) is 0 Å². The molecule has 0 spiro atoms. The van der Waals surface area contributed by atoms with Crippen molar-refractivity contribution in [1.82, 2.24) is 9.88 Å². The number of hydrogen-bond donors (Lipinski definition) is 1. The highest BCUT2D eigenvalue weighted by molar-refractivity contribution is 7.13. The van der Waals surface area contributed by atoms with E-state index in [9.17, 15) is 4.79 Å². The molecule has 0 aliphatic carbocycles. The Morgan fingerprint density at radius 3 is 2.93 bits per heavy atom. The molecule has 2 rings (SSSR count). The van der Waals surface area contributed by atoms with E-state index < -0.39 is 0 Å². The van der Waals surface area contributed by atoms with Gasteiger partial charge in [-0.2, -0.15) is 0 Å². The fraction of sp³-hybridized carbons (Fsp3) is 0.556. The van der Waals surface area contributed by atoms with Crippen molar-refractivity contribution in [3.63, 3.8) is 0 Å². The minimum Gasteiger partial charge on any atom is -0.378 e. The zero-order chi connectivity index (χ0) is 10.7. The molecule has 0 aromatic carbocycles. The summed E-state index contributed by atoms with van der Waals surface area (Å²) in [5.74, 6) is 0.101. The third-order valence-electron chi connectivity index (χ3n) is 2.27. The molecule has 1 saturated heterocycles. The molecule has 1 fully saturated rings. The molecule has 6 heteroatoms. The molecule has 2 N–H and O–H groups in total. The lowest BCUT2D eigenvalue weighted by molar-refractivity contribution is -0.134. The number of carbonyl (C=O) groups excluding carboxylic acids is 1. The Morgan fingerprint density at radius 1 is 1.60 bits per heavy atom. The average Bonchev–Trinajstić information content (AvgIpc) is 2.65. The Bertz CT molecular complexity index is 347. The second-order valence-electron chi connectivity index (χ2n) is 3.35. The predicted octanol–water partition coefficient (Wildman–Crippen LogP) is 0.127. The summed E-state index contributed by atoms with van der Waals surface area (Å²) >= 11 is 1.36. The topological polar surface area (TPSA) is 68.5 Å². The molecule has 1 aliphatic rings. The first-order chi connectivity index (χ1) is 7.25. The third kappa shape index (κ3) is 2.66. The first-order valence-electron chi connectivity index (χ1n) is 4.81. The summed E-state index contributed by atoms with van der Waals surface area (Å²) in [6.07, 6.45) is 0.341. The lowest BCUT2D eigenvalue weighted by atomic mass is 10.3. The van der Waals surface area contributed by atoms with Gasteiger partial charge in [0.2, 0.25) is 5.91 Å². The summed E-state index contributed by atoms with van der Waals surface area (Å²) in [7, 11) is 0. The van der Waals surface area contributed by atoms with Crippen LogP contribution in [-0.2, 0) is 16.0 Å². The first kappa shape index (κ1) is 10.4. The van der Waals surface area contributed by atoms with Crippen molar-refractivity contribution in [2.45, 2.75) is 6.42 Å². The van der Waals surface area contributed by atoms with Crippen molar-refractivity contribution in [3.8, 4) is 0 Å². The molecule has 1 aromatic rings. The Hall–Kier alpha value is -1.14. The van der Waals surface area contributed by atoms with Crippen LogP contribution in [0, 0.1) is 0 Å². The van der Waals surface area contributed by atoms with Gasteiger partial charge in [-0.15, -0.1) is 11.3 Å². The van der Waals surface area contributed by atoms with Gasteiger partial charge in [0.05, 0.1) is 25.3 Å². The van der Waals surface area contributed by atoms with Crippen LogP contribution in [0.2, 0.25) is 0 Å². The quantitative estimate of drug-likeness (QED) is 0.779. The number of anilines is 1. The van der Waals surface area contributed by atoms with E-state index in [-0.39, 0.29) is 5.91 Å². The molecule has 15 heavy (non-hydrogen) atoms. The summed E-state index contributed by atoms with van der Waals surface area (Å²) < 4.78 is 5.18. The molecular formula is C9H13N3O2S. The normalized spacial score (nSPS) is 16.7. The Balaban J connectivity index is 1.91. The highest BCUT2D eigenvalue weighted by Gasteiger charge is 2.17. The zero-order valence-corrected chi connectivity index (χ0v) is 9.13. The summed E-state index contributed by atoms with van der Waals surface area (Å²) in [5, 5.41) is 2.34. The largest absolute Gasteiger partial charge is 0.378 e. The summed E-state index contributed by atoms with van der Waals surface area (Å²) in [6, 6.07) is 0. The van der Waals surface area contributed by atoms with Crippen LogP contribution in [0.3, 0.4) is 0 Å². The minimum absolute atomic E-state index is 0.101. The van der Waals surface area contributed by atoms with Crippen molar-refractivity contribution in [2.24, 2.45) is 0 Å². The van der Waals surface area contributed by atoms with Crippen LogP contribution < -0.4 is 5.73 Å². The van der Waals surface area contributed by atoms with Gasteiger partial charge < -0.3 is 15.4 Å². The molecule has 0 saturated carbocycles. The van der Waals surface area contributed by atoms with Crippen molar-refractivity contribution in [3.05, 3.63) is 11.1 Å². The van der Waals surface area contributed by atoms with Crippen LogP contribution in [-0.4, -0.2) is 42.1 Å². The molecule has 1 aromatic heterocycles. The minimum atomic E-state index is 0.101. The van der Waals surface area contributed by atoms with Gasteiger partial charge in [-0.25, -0.2) is 4.98 Å². The van der Waals surface area contributed by atoms with Gasteiger partial charge in [-0.3, -0.25) is 4.79 Å². The number of aromatic nitrogens is 1. The van der Waals surface area contributed by atoms with E-state index in [1.54, 1.807) is 4.90 Å². The SMILES string of the molecule is Nc1nc(CC(=O)N2CCOCC2)cs1. The number of amides is 1. The smallest absolute Gasteiger partial charge is 0.228 e. The van der Waals surface area contributed by atoms with Gasteiger partial charge in [-0.05, 0) is 0 Å². The maximum atomic E-state index is 11.8. The highest BCUT2D eigenvalue weighted by atomic mass is 32.1. The van der Waals surface area contributed by atoms with Gasteiger partial charge in [0.25, 0.3) is 0 Å². The standard InChI is InChI=1S/C9H13N3O2S/c10-9-11-7(6-15-9)5-8(13)12-1-3-14-4-2-12/h6H,1-5H2,(H2,10,11). The fourth-order valence-corrected chi connectivity index (χ4v) is 2.05. The van der Waals surface area contributed by atoms with Crippen LogP contribution in [0.15, 0.2) is 5.38 Å². The Kier molecular flexibility index (Phi) is 3.17. The number of morpholine rings is 1. The predicted molar refractivity (Wildman–Crippen MR) is 57.6 cm³/mol. The molecule has 0 radical (unpaired) electrons. The number of hydrogen-bond acceptors (Lipinski definition) is 5. The van der Waals surface area contributed by atoms with Gasteiger partial charge in [-0.1, -0.05) is 0 Å². The number of nitrogen functional groups attached to an aromatic ring is 1. The molecule has 5 nitrogen and oxygen atoms in total. The number of nitrogens with two attached hydrogens (primary N) is 1. The van der Waals surface area contributed by atoms with E-state index in [1.165, 1.54) is 11.3 Å². The summed E-state index contributed by atoms with van der Waals surface area (Å²) in [4.78, 5) is 17.6. The van der Waals surface area contributed by atoms with E-state index in [0.717, 1.165) is 5.69 Å². The summed E-state index contributed by atoms with van der Waals surface area (Å²) in [6.45, 7) is 2.62. The van der Waals surface area contributed by atoms with Gasteiger partial charge >= 0.3 is 0 Å². The van der Waals surface area contributed by atoms with Crippen molar-refractivity contribution < 1.29 is 9.53 Å². The fourth-order valence-electron chi connectivity index (χ4n) is 1.48. The molecule has 2 heterocycles. The van der Waals surface area contributed by atoms with Gasteiger partial charge in [0.15, 0.2) is 5.13 Å². The second-order valence-corrected chi connectivity index (χ2v) is 4.24. The van der Waals surface area contributed by atoms with E-state index in [0.29, 0.717) is 37.9 Å². The van der Waals surface area contributed by atoms with E-state index >= 15 is 0 Å². The van der Waals surface area contributed by atoms with Crippen LogP contribution in [0.1, 0.15) is 5.69 Å². The van der Waals surface area contributed by atoms with E-state index in [4.69, 9.17) is 10.5 Å². The Labute approximate surface area is 91.9 Å². The molecule has 0 bridgehead atoms. The highest BCUT2D eigenvalue weighted by Crippen LogP contribution is 2.12.